The van der Waals surface area contributed by atoms with E-state index in [0.717, 1.165) is 13.2 Å². The molecule has 0 spiro atoms. The molecule has 1 aliphatic heterocycles. The van der Waals surface area contributed by atoms with E-state index >= 15 is 0 Å². The molecule has 0 bridgehead atoms. The van der Waals surface area contributed by atoms with Crippen LogP contribution >= 0.6 is 0 Å². The van der Waals surface area contributed by atoms with Crippen molar-refractivity contribution >= 4 is 5.91 Å². The van der Waals surface area contributed by atoms with Gasteiger partial charge in [-0.2, -0.15) is 8.78 Å². The number of amides is 1. The van der Waals surface area contributed by atoms with Crippen LogP contribution in [0.1, 0.15) is 0 Å². The van der Waals surface area contributed by atoms with E-state index in [2.05, 4.69) is 5.32 Å². The molecule has 1 aliphatic carbocycles. The van der Waals surface area contributed by atoms with Gasteiger partial charge in [0.15, 0.2) is 0 Å². The van der Waals surface area contributed by atoms with Gasteiger partial charge in [-0.05, 0) is 17.8 Å². The third-order valence-corrected chi connectivity index (χ3v) is 2.84. The average Bonchev–Trinajstić information content (AvgIpc) is 2.57. The van der Waals surface area contributed by atoms with Crippen LogP contribution in [0.3, 0.4) is 0 Å². The van der Waals surface area contributed by atoms with E-state index in [-0.39, 0.29) is 0 Å². The first-order chi connectivity index (χ1) is 6.20. The molecule has 2 rings (SSSR count). The zero-order valence-corrected chi connectivity index (χ0v) is 7.00. The smallest absolute Gasteiger partial charge is 0.315 e. The third-order valence-electron chi connectivity index (χ3n) is 2.84. The fourth-order valence-electron chi connectivity index (χ4n) is 1.96. The number of alkyl halides is 2. The summed E-state index contributed by atoms with van der Waals surface area (Å²) in [5, 5.41) is 2.23. The molecule has 1 saturated carbocycles. The fourth-order valence-corrected chi connectivity index (χ4v) is 1.96. The van der Waals surface area contributed by atoms with Crippen LogP contribution in [0.25, 0.3) is 0 Å². The van der Waals surface area contributed by atoms with Crippen LogP contribution in [-0.2, 0) is 9.53 Å². The summed E-state index contributed by atoms with van der Waals surface area (Å²) in [6.07, 6.45) is -2.89. The maximum Gasteiger partial charge on any atom is 0.315 e. The predicted octanol–water partition coefficient (Wildman–Crippen LogP) is 0.260. The first-order valence-electron chi connectivity index (χ1n) is 4.33. The zero-order chi connectivity index (χ0) is 9.42. The van der Waals surface area contributed by atoms with Crippen LogP contribution in [0.15, 0.2) is 0 Å². The summed E-state index contributed by atoms with van der Waals surface area (Å²) >= 11 is 0. The van der Waals surface area contributed by atoms with E-state index in [1.807, 2.05) is 0 Å². The molecule has 0 aromatic carbocycles. The number of carbonyl (C=O) groups excluding carboxylic acids is 1. The van der Waals surface area contributed by atoms with Crippen molar-refractivity contribution in [1.29, 1.82) is 0 Å². The molecule has 5 heteroatoms. The Hall–Kier alpha value is -0.710. The molecule has 2 atom stereocenters. The lowest BCUT2D eigenvalue weighted by Crippen LogP contribution is -2.32. The Balaban J connectivity index is 1.67. The highest BCUT2D eigenvalue weighted by Crippen LogP contribution is 2.50. The van der Waals surface area contributed by atoms with E-state index in [1.165, 1.54) is 0 Å². The Morgan fingerprint density at radius 1 is 1.46 bits per heavy atom. The lowest BCUT2D eigenvalue weighted by molar-refractivity contribution is -0.131. The van der Waals surface area contributed by atoms with E-state index < -0.39 is 12.3 Å². The van der Waals surface area contributed by atoms with E-state index in [4.69, 9.17) is 4.74 Å². The second-order valence-corrected chi connectivity index (χ2v) is 3.57. The molecule has 0 aromatic rings. The van der Waals surface area contributed by atoms with Gasteiger partial charge in [0.1, 0.15) is 0 Å². The van der Waals surface area contributed by atoms with Crippen molar-refractivity contribution < 1.29 is 18.3 Å². The lowest BCUT2D eigenvalue weighted by atomic mass is 10.3. The van der Waals surface area contributed by atoms with Crippen molar-refractivity contribution in [3.05, 3.63) is 0 Å². The van der Waals surface area contributed by atoms with Crippen molar-refractivity contribution in [2.45, 2.75) is 6.43 Å². The summed E-state index contributed by atoms with van der Waals surface area (Å²) in [4.78, 5) is 10.5. The quantitative estimate of drug-likeness (QED) is 0.695. The van der Waals surface area contributed by atoms with Gasteiger partial charge in [-0.1, -0.05) is 0 Å². The summed E-state index contributed by atoms with van der Waals surface area (Å²) in [7, 11) is 0. The summed E-state index contributed by atoms with van der Waals surface area (Å²) in [5.74, 6) is 0.207. The Morgan fingerprint density at radius 3 is 2.62 bits per heavy atom. The van der Waals surface area contributed by atoms with Gasteiger partial charge in [-0.25, -0.2) is 0 Å². The van der Waals surface area contributed by atoms with Crippen LogP contribution in [0.5, 0.6) is 0 Å². The van der Waals surface area contributed by atoms with E-state index in [9.17, 15) is 13.6 Å². The number of fused-ring (bicyclic) bond motifs is 1. The van der Waals surface area contributed by atoms with Crippen molar-refractivity contribution in [3.63, 3.8) is 0 Å². The van der Waals surface area contributed by atoms with Gasteiger partial charge in [0, 0.05) is 6.54 Å². The average molecular weight is 191 g/mol. The second-order valence-electron chi connectivity index (χ2n) is 3.57. The molecule has 0 aromatic heterocycles. The first-order valence-corrected chi connectivity index (χ1v) is 4.33. The molecule has 74 valence electrons. The van der Waals surface area contributed by atoms with Gasteiger partial charge in [0.05, 0.1) is 13.2 Å². The Bertz CT molecular complexity index is 212. The highest BCUT2D eigenvalue weighted by Gasteiger charge is 2.53. The third kappa shape index (κ3) is 1.65. The summed E-state index contributed by atoms with van der Waals surface area (Å²) in [6.45, 7) is 1.82. The van der Waals surface area contributed by atoms with Gasteiger partial charge in [-0.3, -0.25) is 4.79 Å². The van der Waals surface area contributed by atoms with Gasteiger partial charge in [-0.15, -0.1) is 0 Å². The molecule has 3 nitrogen and oxygen atoms in total. The number of rotatable bonds is 3. The van der Waals surface area contributed by atoms with Crippen LogP contribution in [0.4, 0.5) is 8.78 Å². The normalized spacial score (nSPS) is 36.1. The summed E-state index contributed by atoms with van der Waals surface area (Å²) in [5.41, 5.74) is 0. The monoisotopic (exact) mass is 191 g/mol. The summed E-state index contributed by atoms with van der Waals surface area (Å²) in [6, 6.07) is 0. The molecule has 0 radical (unpaired) electrons. The number of halogens is 2. The van der Waals surface area contributed by atoms with Gasteiger partial charge < -0.3 is 10.1 Å². The Kier molecular flexibility index (Phi) is 2.19. The van der Waals surface area contributed by atoms with Gasteiger partial charge >= 0.3 is 6.43 Å². The van der Waals surface area contributed by atoms with Crippen LogP contribution < -0.4 is 5.32 Å². The minimum atomic E-state index is -2.89. The molecule has 1 heterocycles. The molecular weight excluding hydrogens is 180 g/mol. The lowest BCUT2D eigenvalue weighted by Gasteiger charge is -2.05. The van der Waals surface area contributed by atoms with Crippen LogP contribution in [-0.4, -0.2) is 32.1 Å². The van der Waals surface area contributed by atoms with Crippen LogP contribution in [0, 0.1) is 17.8 Å². The fraction of sp³-hybridized carbons (Fsp3) is 0.875. The number of hydrogen-bond acceptors (Lipinski definition) is 2. The van der Waals surface area contributed by atoms with Crippen molar-refractivity contribution in [1.82, 2.24) is 5.32 Å². The standard InChI is InChI=1S/C8H11F2NO2/c9-7(10)8(12)11-1-4-5-2-13-3-6(4)5/h4-7H,1-3H2,(H,11,12). The second kappa shape index (κ2) is 3.21. The molecule has 13 heavy (non-hydrogen) atoms. The highest BCUT2D eigenvalue weighted by atomic mass is 19.3. The maximum atomic E-state index is 11.8. The molecule has 2 unspecified atom stereocenters. The van der Waals surface area contributed by atoms with Crippen LogP contribution in [0.2, 0.25) is 0 Å². The molecule has 2 fully saturated rings. The Morgan fingerprint density at radius 2 is 2.08 bits per heavy atom. The largest absolute Gasteiger partial charge is 0.381 e. The Labute approximate surface area is 74.4 Å². The maximum absolute atomic E-state index is 11.8. The number of hydrogen-bond donors (Lipinski definition) is 1. The number of ether oxygens (including phenoxy) is 1. The van der Waals surface area contributed by atoms with Crippen molar-refractivity contribution in [3.8, 4) is 0 Å². The SMILES string of the molecule is O=C(NCC1C2COCC12)C(F)F. The van der Waals surface area contributed by atoms with E-state index in [0.29, 0.717) is 24.3 Å². The summed E-state index contributed by atoms with van der Waals surface area (Å²) < 4.78 is 28.6. The van der Waals surface area contributed by atoms with Gasteiger partial charge in [0.2, 0.25) is 0 Å². The van der Waals surface area contributed by atoms with Crippen molar-refractivity contribution in [2.24, 2.45) is 17.8 Å². The zero-order valence-electron chi connectivity index (χ0n) is 7.00. The minimum Gasteiger partial charge on any atom is -0.381 e. The molecule has 1 N–H and O–H groups in total. The molecule has 1 amide bonds. The molecular formula is C8H11F2NO2. The molecule has 2 aliphatic rings. The predicted molar refractivity (Wildman–Crippen MR) is 40.3 cm³/mol. The van der Waals surface area contributed by atoms with E-state index in [1.54, 1.807) is 0 Å². The first kappa shape index (κ1) is 8.87. The number of nitrogens with one attached hydrogen (secondary N) is 1. The minimum absolute atomic E-state index is 0.372. The topological polar surface area (TPSA) is 38.3 Å². The number of carbonyl (C=O) groups is 1. The van der Waals surface area contributed by atoms with Crippen molar-refractivity contribution in [2.75, 3.05) is 19.8 Å². The highest BCUT2D eigenvalue weighted by molar-refractivity contribution is 5.79. The molecule has 1 saturated heterocycles. The van der Waals surface area contributed by atoms with Gasteiger partial charge in [0.25, 0.3) is 5.91 Å².